The van der Waals surface area contributed by atoms with Crippen molar-refractivity contribution in [2.45, 2.75) is 6.54 Å². The first kappa shape index (κ1) is 16.4. The molecule has 0 saturated carbocycles. The van der Waals surface area contributed by atoms with Crippen LogP contribution in [0, 0.1) is 0 Å². The minimum absolute atomic E-state index is 0.847. The fourth-order valence-electron chi connectivity index (χ4n) is 2.74. The highest BCUT2D eigenvalue weighted by atomic mass is 16.5. The molecule has 1 aliphatic rings. The van der Waals surface area contributed by atoms with Crippen LogP contribution in [0.5, 0.6) is 0 Å². The summed E-state index contributed by atoms with van der Waals surface area (Å²) in [6, 6.07) is 10.7. The topological polar surface area (TPSA) is 19.0 Å². The summed E-state index contributed by atoms with van der Waals surface area (Å²) in [7, 11) is 3.99. The normalized spacial score (nSPS) is 17.5. The van der Waals surface area contributed by atoms with E-state index >= 15 is 0 Å². The maximum absolute atomic E-state index is 5.15. The van der Waals surface area contributed by atoms with Crippen molar-refractivity contribution >= 4 is 0 Å². The minimum atomic E-state index is 0.847. The van der Waals surface area contributed by atoms with Gasteiger partial charge in [0.1, 0.15) is 0 Å². The van der Waals surface area contributed by atoms with E-state index < -0.39 is 0 Å². The first-order chi connectivity index (χ1) is 10.3. The van der Waals surface area contributed by atoms with Crippen molar-refractivity contribution in [3.05, 3.63) is 35.9 Å². The molecule has 1 saturated heterocycles. The molecule has 1 aromatic carbocycles. The van der Waals surface area contributed by atoms with Crippen LogP contribution >= 0.6 is 0 Å². The van der Waals surface area contributed by atoms with E-state index in [1.807, 2.05) is 0 Å². The van der Waals surface area contributed by atoms with Crippen LogP contribution in [0.1, 0.15) is 5.56 Å². The number of nitrogens with zero attached hydrogens (tertiary/aromatic N) is 3. The third kappa shape index (κ3) is 6.14. The molecular weight excluding hydrogens is 262 g/mol. The fraction of sp³-hybridized carbons (Fsp3) is 0.647. The molecule has 4 heteroatoms. The summed E-state index contributed by atoms with van der Waals surface area (Å²) in [6.07, 6.45) is 0. The van der Waals surface area contributed by atoms with E-state index in [0.29, 0.717) is 0 Å². The summed E-state index contributed by atoms with van der Waals surface area (Å²) in [5, 5.41) is 0. The van der Waals surface area contributed by atoms with Crippen molar-refractivity contribution in [2.24, 2.45) is 0 Å². The van der Waals surface area contributed by atoms with Crippen molar-refractivity contribution in [3.8, 4) is 0 Å². The van der Waals surface area contributed by atoms with Gasteiger partial charge in [-0.1, -0.05) is 30.3 Å². The van der Waals surface area contributed by atoms with E-state index in [9.17, 15) is 0 Å². The van der Waals surface area contributed by atoms with E-state index in [4.69, 9.17) is 4.74 Å². The average Bonchev–Trinajstić information content (AvgIpc) is 2.53. The molecule has 0 amide bonds. The van der Waals surface area contributed by atoms with E-state index in [2.05, 4.69) is 52.1 Å². The first-order valence-corrected chi connectivity index (χ1v) is 7.94. The number of benzene rings is 1. The monoisotopic (exact) mass is 291 g/mol. The summed E-state index contributed by atoms with van der Waals surface area (Å²) in [5.41, 5.74) is 1.39. The molecule has 1 aromatic rings. The fourth-order valence-corrected chi connectivity index (χ4v) is 2.74. The molecule has 0 unspecified atom stereocenters. The van der Waals surface area contributed by atoms with Crippen LogP contribution in [0.25, 0.3) is 0 Å². The van der Waals surface area contributed by atoms with E-state index in [0.717, 1.165) is 26.2 Å². The lowest BCUT2D eigenvalue weighted by atomic mass is 10.2. The zero-order valence-electron chi connectivity index (χ0n) is 13.5. The van der Waals surface area contributed by atoms with Crippen LogP contribution in [0.4, 0.5) is 0 Å². The molecule has 21 heavy (non-hydrogen) atoms. The Morgan fingerprint density at radius 2 is 1.62 bits per heavy atom. The molecule has 1 fully saturated rings. The van der Waals surface area contributed by atoms with Crippen LogP contribution in [-0.2, 0) is 11.3 Å². The Labute approximate surface area is 129 Å². The van der Waals surface area contributed by atoms with Gasteiger partial charge in [-0.05, 0) is 12.6 Å². The first-order valence-electron chi connectivity index (χ1n) is 7.94. The zero-order chi connectivity index (χ0) is 14.9. The summed E-state index contributed by atoms with van der Waals surface area (Å²) < 4.78 is 5.15. The number of likely N-dealkylation sites (N-methyl/N-ethyl adjacent to an activating group) is 1. The molecule has 0 bridgehead atoms. The van der Waals surface area contributed by atoms with Crippen LogP contribution in [0.3, 0.4) is 0 Å². The van der Waals surface area contributed by atoms with Gasteiger partial charge in [-0.2, -0.15) is 0 Å². The van der Waals surface area contributed by atoms with Crippen LogP contribution < -0.4 is 0 Å². The molecule has 0 atom stereocenters. The lowest BCUT2D eigenvalue weighted by Crippen LogP contribution is -2.48. The van der Waals surface area contributed by atoms with Crippen LogP contribution in [0.2, 0.25) is 0 Å². The Hall–Kier alpha value is -0.940. The van der Waals surface area contributed by atoms with Gasteiger partial charge in [0.2, 0.25) is 0 Å². The SMILES string of the molecule is COCCN1CCN(CCN(C)Cc2ccccc2)CC1. The molecule has 4 nitrogen and oxygen atoms in total. The Balaban J connectivity index is 1.61. The lowest BCUT2D eigenvalue weighted by Gasteiger charge is -2.35. The number of ether oxygens (including phenoxy) is 1. The van der Waals surface area contributed by atoms with Gasteiger partial charge in [0.15, 0.2) is 0 Å². The van der Waals surface area contributed by atoms with Gasteiger partial charge in [-0.25, -0.2) is 0 Å². The molecule has 118 valence electrons. The Morgan fingerprint density at radius 1 is 1.00 bits per heavy atom. The second-order valence-corrected chi connectivity index (χ2v) is 5.90. The van der Waals surface area contributed by atoms with Crippen molar-refractivity contribution < 1.29 is 4.74 Å². The third-order valence-corrected chi connectivity index (χ3v) is 4.17. The minimum Gasteiger partial charge on any atom is -0.383 e. The van der Waals surface area contributed by atoms with Crippen molar-refractivity contribution in [1.82, 2.24) is 14.7 Å². The van der Waals surface area contributed by atoms with Crippen LogP contribution in [0.15, 0.2) is 30.3 Å². The van der Waals surface area contributed by atoms with E-state index in [1.54, 1.807) is 7.11 Å². The quantitative estimate of drug-likeness (QED) is 0.720. The summed E-state index contributed by atoms with van der Waals surface area (Å²) in [5.74, 6) is 0. The molecule has 2 rings (SSSR count). The molecule has 0 aliphatic carbocycles. The zero-order valence-corrected chi connectivity index (χ0v) is 13.5. The van der Waals surface area contributed by atoms with Gasteiger partial charge in [0, 0.05) is 59.5 Å². The molecule has 0 spiro atoms. The summed E-state index contributed by atoms with van der Waals surface area (Å²) >= 11 is 0. The number of piperazine rings is 1. The number of rotatable bonds is 8. The largest absolute Gasteiger partial charge is 0.383 e. The van der Waals surface area contributed by atoms with Crippen molar-refractivity contribution in [1.29, 1.82) is 0 Å². The van der Waals surface area contributed by atoms with Gasteiger partial charge in [-0.15, -0.1) is 0 Å². The highest BCUT2D eigenvalue weighted by molar-refractivity contribution is 5.14. The van der Waals surface area contributed by atoms with Crippen LogP contribution in [-0.4, -0.2) is 81.3 Å². The predicted molar refractivity (Wildman–Crippen MR) is 87.5 cm³/mol. The van der Waals surface area contributed by atoms with Crippen molar-refractivity contribution in [3.63, 3.8) is 0 Å². The Bertz CT molecular complexity index is 377. The van der Waals surface area contributed by atoms with Crippen molar-refractivity contribution in [2.75, 3.05) is 66.6 Å². The highest BCUT2D eigenvalue weighted by Crippen LogP contribution is 2.04. The number of hydrogen-bond acceptors (Lipinski definition) is 4. The predicted octanol–water partition coefficient (Wildman–Crippen LogP) is 1.38. The van der Waals surface area contributed by atoms with Gasteiger partial charge in [-0.3, -0.25) is 9.80 Å². The van der Waals surface area contributed by atoms with Gasteiger partial charge < -0.3 is 9.64 Å². The highest BCUT2D eigenvalue weighted by Gasteiger charge is 2.16. The molecule has 1 aliphatic heterocycles. The Morgan fingerprint density at radius 3 is 2.24 bits per heavy atom. The van der Waals surface area contributed by atoms with E-state index in [1.165, 1.54) is 38.3 Å². The second-order valence-electron chi connectivity index (χ2n) is 5.90. The summed E-state index contributed by atoms with van der Waals surface area (Å²) in [4.78, 5) is 7.48. The molecule has 0 N–H and O–H groups in total. The van der Waals surface area contributed by atoms with E-state index in [-0.39, 0.29) is 0 Å². The second kappa shape index (κ2) is 9.15. The lowest BCUT2D eigenvalue weighted by molar-refractivity contribution is 0.0919. The summed E-state index contributed by atoms with van der Waals surface area (Å²) in [6.45, 7) is 9.96. The third-order valence-electron chi connectivity index (χ3n) is 4.17. The molecule has 0 aromatic heterocycles. The maximum atomic E-state index is 5.15. The average molecular weight is 291 g/mol. The maximum Gasteiger partial charge on any atom is 0.0589 e. The molecule has 1 heterocycles. The smallest absolute Gasteiger partial charge is 0.0589 e. The Kier molecular flexibility index (Phi) is 7.16. The van der Waals surface area contributed by atoms with Gasteiger partial charge in [0.05, 0.1) is 6.61 Å². The number of hydrogen-bond donors (Lipinski definition) is 0. The van der Waals surface area contributed by atoms with Gasteiger partial charge in [0.25, 0.3) is 0 Å². The van der Waals surface area contributed by atoms with Gasteiger partial charge >= 0.3 is 0 Å². The molecular formula is C17H29N3O. The standard InChI is InChI=1S/C17H29N3O/c1-18(16-17-6-4-3-5-7-17)8-9-19-10-12-20(13-11-19)14-15-21-2/h3-7H,8-16H2,1-2H3. The number of methoxy groups -OCH3 is 1. The molecule has 0 radical (unpaired) electrons.